The number of rotatable bonds is 5. The van der Waals surface area contributed by atoms with Gasteiger partial charge in [-0.25, -0.2) is 0 Å². The summed E-state index contributed by atoms with van der Waals surface area (Å²) in [7, 11) is 0. The molecule has 2 saturated carbocycles. The number of hydrogen-bond donors (Lipinski definition) is 0. The Bertz CT molecular complexity index is 2140. The molecule has 0 saturated heterocycles. The van der Waals surface area contributed by atoms with Crippen LogP contribution < -0.4 is 0 Å². The highest BCUT2D eigenvalue weighted by Crippen LogP contribution is 2.72. The molecule has 242 valence electrons. The van der Waals surface area contributed by atoms with E-state index in [0.717, 1.165) is 13.1 Å². The molecule has 2 heterocycles. The number of benzene rings is 4. The molecule has 4 unspecified atom stereocenters. The molecule has 6 aromatic rings. The molecule has 4 bridgehead atoms. The third kappa shape index (κ3) is 3.37. The van der Waals surface area contributed by atoms with Gasteiger partial charge in [-0.3, -0.25) is 9.36 Å². The molecule has 10 rings (SSSR count). The highest BCUT2D eigenvalue weighted by atomic mass is 15.3. The molecule has 0 radical (unpaired) electrons. The lowest BCUT2D eigenvalue weighted by atomic mass is 9.70. The minimum absolute atomic E-state index is 0.0851. The van der Waals surface area contributed by atoms with Crippen LogP contribution in [0.15, 0.2) is 84.9 Å². The average molecular weight is 631 g/mol. The second-order valence-electron chi connectivity index (χ2n) is 17.1. The van der Waals surface area contributed by atoms with E-state index in [2.05, 4.69) is 136 Å². The Balaban J connectivity index is 1.20. The first-order valence-electron chi connectivity index (χ1n) is 18.2. The summed E-state index contributed by atoms with van der Waals surface area (Å²) < 4.78 is 4.84. The fourth-order valence-corrected chi connectivity index (χ4v) is 11.4. The van der Waals surface area contributed by atoms with E-state index >= 15 is 0 Å². The van der Waals surface area contributed by atoms with Crippen molar-refractivity contribution in [3.05, 3.63) is 119 Å². The van der Waals surface area contributed by atoms with Crippen LogP contribution in [0.25, 0.3) is 32.9 Å². The summed E-state index contributed by atoms with van der Waals surface area (Å²) in [6, 6.07) is 31.1. The zero-order valence-electron chi connectivity index (χ0n) is 29.3. The maximum absolute atomic E-state index is 5.70. The standard InChI is InChI=1S/C44H46N4/c1-41(2)33-21-23-43(41,5)39-35(33)37(45-47(39)25-29-17-11-15-27-13-7-9-19-31(27)29)38-36-34-22-24-44(6,42(34,3)4)40(36)48(46-38)26-30-18-12-16-28-14-8-10-20-32(28)30/h7-20,33-34H,21-26H2,1-6H3. The largest absolute Gasteiger partial charge is 0.264 e. The zero-order chi connectivity index (χ0) is 32.8. The van der Waals surface area contributed by atoms with E-state index in [0.29, 0.717) is 11.8 Å². The smallest absolute Gasteiger partial charge is 0.117 e. The molecule has 4 aliphatic rings. The van der Waals surface area contributed by atoms with Gasteiger partial charge in [0.05, 0.1) is 13.1 Å². The monoisotopic (exact) mass is 630 g/mol. The predicted octanol–water partition coefficient (Wildman–Crippen LogP) is 10.5. The van der Waals surface area contributed by atoms with Crippen molar-refractivity contribution >= 4 is 21.5 Å². The van der Waals surface area contributed by atoms with E-state index in [1.165, 1.54) is 92.3 Å². The van der Waals surface area contributed by atoms with Crippen molar-refractivity contribution in [3.8, 4) is 11.4 Å². The van der Waals surface area contributed by atoms with Crippen molar-refractivity contribution in [3.63, 3.8) is 0 Å². The van der Waals surface area contributed by atoms with Gasteiger partial charge in [0.15, 0.2) is 0 Å². The van der Waals surface area contributed by atoms with Crippen LogP contribution in [0, 0.1) is 10.8 Å². The molecule has 4 aromatic carbocycles. The summed E-state index contributed by atoms with van der Waals surface area (Å²) in [5.74, 6) is 0.990. The first-order chi connectivity index (χ1) is 23.0. The molecule has 0 spiro atoms. The van der Waals surface area contributed by atoms with Crippen molar-refractivity contribution in [2.24, 2.45) is 10.8 Å². The Morgan fingerprint density at radius 1 is 0.542 bits per heavy atom. The van der Waals surface area contributed by atoms with E-state index in [4.69, 9.17) is 10.2 Å². The minimum atomic E-state index is 0.0851. The Hall–Kier alpha value is -4.18. The van der Waals surface area contributed by atoms with Crippen LogP contribution in [0.2, 0.25) is 0 Å². The first kappa shape index (κ1) is 28.8. The second-order valence-corrected chi connectivity index (χ2v) is 17.1. The van der Waals surface area contributed by atoms with Crippen molar-refractivity contribution in [1.29, 1.82) is 0 Å². The average Bonchev–Trinajstić information content (AvgIpc) is 3.83. The van der Waals surface area contributed by atoms with Crippen molar-refractivity contribution in [2.45, 2.75) is 103 Å². The summed E-state index contributed by atoms with van der Waals surface area (Å²) in [4.78, 5) is 0. The maximum atomic E-state index is 5.70. The predicted molar refractivity (Wildman–Crippen MR) is 196 cm³/mol. The SMILES string of the molecule is CC12CCC(c3c(-c4nn(Cc5cccc6ccccc56)c5c4C4CCC5(C)C4(C)C)nn(Cc4cccc5ccccc45)c31)C2(C)C. The highest BCUT2D eigenvalue weighted by Gasteiger charge is 2.65. The van der Waals surface area contributed by atoms with Gasteiger partial charge in [-0.1, -0.05) is 126 Å². The fraction of sp³-hybridized carbons (Fsp3) is 0.409. The number of fused-ring (bicyclic) bond motifs is 12. The van der Waals surface area contributed by atoms with E-state index < -0.39 is 0 Å². The second kappa shape index (κ2) is 9.28. The van der Waals surface area contributed by atoms with Crippen molar-refractivity contribution < 1.29 is 0 Å². The van der Waals surface area contributed by atoms with Crippen molar-refractivity contribution in [1.82, 2.24) is 19.6 Å². The van der Waals surface area contributed by atoms with E-state index in [-0.39, 0.29) is 21.7 Å². The van der Waals surface area contributed by atoms with Gasteiger partial charge in [0.2, 0.25) is 0 Å². The van der Waals surface area contributed by atoms with Gasteiger partial charge in [-0.05, 0) is 81.0 Å². The van der Waals surface area contributed by atoms with Crippen molar-refractivity contribution in [2.75, 3.05) is 0 Å². The van der Waals surface area contributed by atoms with Crippen LogP contribution in [0.5, 0.6) is 0 Å². The number of hydrogen-bond acceptors (Lipinski definition) is 2. The molecule has 0 aliphatic heterocycles. The van der Waals surface area contributed by atoms with Gasteiger partial charge < -0.3 is 0 Å². The summed E-state index contributed by atoms with van der Waals surface area (Å²) in [6.07, 6.45) is 4.91. The molecular weight excluding hydrogens is 585 g/mol. The molecular formula is C44H46N4. The van der Waals surface area contributed by atoms with Crippen LogP contribution in [0.1, 0.15) is 113 Å². The molecule has 0 amide bonds. The highest BCUT2D eigenvalue weighted by molar-refractivity contribution is 5.86. The zero-order valence-corrected chi connectivity index (χ0v) is 29.3. The van der Waals surface area contributed by atoms with Gasteiger partial charge in [-0.15, -0.1) is 0 Å². The maximum Gasteiger partial charge on any atom is 0.117 e. The first-order valence-corrected chi connectivity index (χ1v) is 18.2. The summed E-state index contributed by atoms with van der Waals surface area (Å²) in [6.45, 7) is 16.7. The minimum Gasteiger partial charge on any atom is -0.264 e. The van der Waals surface area contributed by atoms with Crippen LogP contribution in [0.3, 0.4) is 0 Å². The number of aromatic nitrogens is 4. The fourth-order valence-electron chi connectivity index (χ4n) is 11.4. The van der Waals surface area contributed by atoms with Crippen LogP contribution >= 0.6 is 0 Å². The molecule has 48 heavy (non-hydrogen) atoms. The van der Waals surface area contributed by atoms with E-state index in [1.54, 1.807) is 0 Å². The Morgan fingerprint density at radius 3 is 1.38 bits per heavy atom. The molecule has 2 fully saturated rings. The lowest BCUT2D eigenvalue weighted by Gasteiger charge is -2.36. The van der Waals surface area contributed by atoms with Crippen LogP contribution in [-0.4, -0.2) is 19.6 Å². The van der Waals surface area contributed by atoms with Gasteiger partial charge in [0.1, 0.15) is 11.4 Å². The van der Waals surface area contributed by atoms with E-state index in [1.807, 2.05) is 0 Å². The lowest BCUT2D eigenvalue weighted by Crippen LogP contribution is -2.34. The lowest BCUT2D eigenvalue weighted by molar-refractivity contribution is 0.218. The quantitative estimate of drug-likeness (QED) is 0.190. The Morgan fingerprint density at radius 2 is 0.938 bits per heavy atom. The van der Waals surface area contributed by atoms with Gasteiger partial charge in [-0.2, -0.15) is 10.2 Å². The molecule has 2 aromatic heterocycles. The molecule has 4 aliphatic carbocycles. The summed E-state index contributed by atoms with van der Waals surface area (Å²) >= 11 is 0. The van der Waals surface area contributed by atoms with Gasteiger partial charge in [0, 0.05) is 33.3 Å². The Labute approximate surface area is 284 Å². The van der Waals surface area contributed by atoms with Crippen LogP contribution in [0.4, 0.5) is 0 Å². The normalized spacial score (nSPS) is 27.3. The van der Waals surface area contributed by atoms with Gasteiger partial charge in [0.25, 0.3) is 0 Å². The third-order valence-corrected chi connectivity index (χ3v) is 14.8. The molecule has 4 nitrogen and oxygen atoms in total. The number of nitrogens with zero attached hydrogens (tertiary/aromatic N) is 4. The molecule has 4 heteroatoms. The molecule has 0 N–H and O–H groups in total. The Kier molecular flexibility index (Phi) is 5.57. The van der Waals surface area contributed by atoms with Crippen LogP contribution in [-0.2, 0) is 23.9 Å². The summed E-state index contributed by atoms with van der Waals surface area (Å²) in [5, 5.41) is 16.6. The van der Waals surface area contributed by atoms with E-state index in [9.17, 15) is 0 Å². The third-order valence-electron chi connectivity index (χ3n) is 14.8. The molecule has 4 atom stereocenters. The topological polar surface area (TPSA) is 35.6 Å². The van der Waals surface area contributed by atoms with Gasteiger partial charge >= 0.3 is 0 Å². The summed E-state index contributed by atoms with van der Waals surface area (Å²) in [5.41, 5.74) is 11.5.